The molecule has 10 nitrogen and oxygen atoms in total. The van der Waals surface area contributed by atoms with Crippen molar-refractivity contribution in [3.8, 4) is 17.2 Å². The number of rotatable bonds is 8. The van der Waals surface area contributed by atoms with Crippen molar-refractivity contribution in [2.75, 3.05) is 27.9 Å². The number of benzene rings is 2. The second kappa shape index (κ2) is 10.0. The monoisotopic (exact) mass is 456 g/mol. The molecule has 1 N–H and O–H groups in total. The number of nitro benzene ring substituents is 1. The van der Waals surface area contributed by atoms with Crippen LogP contribution in [0.25, 0.3) is 11.6 Å². The second-order valence-electron chi connectivity index (χ2n) is 7.30. The zero-order chi connectivity index (χ0) is 24.1. The van der Waals surface area contributed by atoms with E-state index in [1.807, 2.05) is 0 Å². The van der Waals surface area contributed by atoms with E-state index in [0.717, 1.165) is 0 Å². The van der Waals surface area contributed by atoms with Crippen LogP contribution in [0.4, 0.5) is 5.69 Å². The molecule has 2 aromatic carbocycles. The highest BCUT2D eigenvalue weighted by Gasteiger charge is 2.36. The van der Waals surface area contributed by atoms with Gasteiger partial charge in [0, 0.05) is 12.1 Å². The van der Waals surface area contributed by atoms with Crippen LogP contribution < -0.4 is 14.2 Å². The number of carbonyl (C=O) groups excluding carboxylic acids is 1. The molecule has 0 bridgehead atoms. The van der Waals surface area contributed by atoms with Crippen LogP contribution in [-0.4, -0.2) is 60.7 Å². The number of aliphatic carboxylic acids is 1. The van der Waals surface area contributed by atoms with Gasteiger partial charge in [-0.3, -0.25) is 14.9 Å². The number of hydrogen-bond acceptors (Lipinski definition) is 7. The molecule has 174 valence electrons. The number of methoxy groups -OCH3 is 3. The minimum atomic E-state index is -1.09. The molecule has 0 aliphatic carbocycles. The van der Waals surface area contributed by atoms with E-state index >= 15 is 0 Å². The van der Waals surface area contributed by atoms with Crippen molar-refractivity contribution in [1.82, 2.24) is 4.90 Å². The Bertz CT molecular complexity index is 1090. The van der Waals surface area contributed by atoms with Crippen molar-refractivity contribution in [2.45, 2.75) is 18.9 Å². The molecule has 1 fully saturated rings. The molecule has 1 saturated heterocycles. The van der Waals surface area contributed by atoms with E-state index in [-0.39, 0.29) is 34.9 Å². The average molecular weight is 456 g/mol. The smallest absolute Gasteiger partial charge is 0.326 e. The zero-order valence-corrected chi connectivity index (χ0v) is 18.4. The molecule has 1 amide bonds. The van der Waals surface area contributed by atoms with Gasteiger partial charge in [0.25, 0.3) is 11.6 Å². The van der Waals surface area contributed by atoms with Gasteiger partial charge in [0.1, 0.15) is 11.8 Å². The molecule has 0 aromatic heterocycles. The van der Waals surface area contributed by atoms with Gasteiger partial charge in [-0.1, -0.05) is 12.1 Å². The topological polar surface area (TPSA) is 128 Å². The number of carboxylic acids is 1. The molecule has 33 heavy (non-hydrogen) atoms. The fourth-order valence-corrected chi connectivity index (χ4v) is 3.77. The first-order chi connectivity index (χ1) is 15.8. The van der Waals surface area contributed by atoms with E-state index in [1.165, 1.54) is 44.4 Å². The summed E-state index contributed by atoms with van der Waals surface area (Å²) in [6.45, 7) is 0.275. The first-order valence-corrected chi connectivity index (χ1v) is 10.1. The minimum absolute atomic E-state index is 0.112. The maximum Gasteiger partial charge on any atom is 0.326 e. The molecule has 1 aliphatic heterocycles. The molecule has 1 heterocycles. The number of likely N-dealkylation sites (tertiary alicyclic amines) is 1. The summed E-state index contributed by atoms with van der Waals surface area (Å²) in [5, 5.41) is 21.3. The summed E-state index contributed by atoms with van der Waals surface area (Å²) in [6, 6.07) is 8.25. The summed E-state index contributed by atoms with van der Waals surface area (Å²) >= 11 is 0. The van der Waals surface area contributed by atoms with Gasteiger partial charge in [-0.2, -0.15) is 0 Å². The molecule has 1 aliphatic rings. The summed E-state index contributed by atoms with van der Waals surface area (Å²) < 4.78 is 15.6. The quantitative estimate of drug-likeness (QED) is 0.277. The average Bonchev–Trinajstić information content (AvgIpc) is 3.32. The Hall–Kier alpha value is -4.08. The van der Waals surface area contributed by atoms with Crippen molar-refractivity contribution in [1.29, 1.82) is 0 Å². The van der Waals surface area contributed by atoms with Crippen molar-refractivity contribution in [3.05, 3.63) is 57.6 Å². The van der Waals surface area contributed by atoms with E-state index in [1.54, 1.807) is 24.3 Å². The lowest BCUT2D eigenvalue weighted by Crippen LogP contribution is -2.40. The van der Waals surface area contributed by atoms with E-state index in [9.17, 15) is 24.8 Å². The third kappa shape index (κ3) is 4.89. The van der Waals surface area contributed by atoms with E-state index in [0.29, 0.717) is 24.2 Å². The fourth-order valence-electron chi connectivity index (χ4n) is 3.77. The SMILES string of the molecule is COc1ccc(C(=Cc2cc(OC)c(OC)cc2[N+](=O)[O-])C(=O)N2CCCC2C(=O)O)cc1. The summed E-state index contributed by atoms with van der Waals surface area (Å²) in [5.74, 6) is -0.641. The number of nitro groups is 1. The van der Waals surface area contributed by atoms with Gasteiger partial charge < -0.3 is 24.2 Å². The fraction of sp³-hybridized carbons (Fsp3) is 0.304. The molecular weight excluding hydrogens is 432 g/mol. The Kier molecular flexibility index (Phi) is 7.17. The van der Waals surface area contributed by atoms with E-state index < -0.39 is 22.8 Å². The van der Waals surface area contributed by atoms with Gasteiger partial charge >= 0.3 is 5.97 Å². The number of ether oxygens (including phenoxy) is 3. The Labute approximate surface area is 190 Å². The summed E-state index contributed by atoms with van der Waals surface area (Å²) in [6.07, 6.45) is 2.27. The minimum Gasteiger partial charge on any atom is -0.497 e. The van der Waals surface area contributed by atoms with Gasteiger partial charge in [0.15, 0.2) is 11.5 Å². The van der Waals surface area contributed by atoms with Crippen molar-refractivity contribution in [2.24, 2.45) is 0 Å². The van der Waals surface area contributed by atoms with Crippen LogP contribution in [0.1, 0.15) is 24.0 Å². The van der Waals surface area contributed by atoms with Crippen LogP contribution in [0.2, 0.25) is 0 Å². The van der Waals surface area contributed by atoms with Gasteiger partial charge in [-0.25, -0.2) is 4.79 Å². The van der Waals surface area contributed by atoms with E-state index in [2.05, 4.69) is 0 Å². The highest BCUT2D eigenvalue weighted by molar-refractivity contribution is 6.25. The molecule has 10 heteroatoms. The molecule has 1 unspecified atom stereocenters. The Morgan fingerprint density at radius 3 is 2.27 bits per heavy atom. The zero-order valence-electron chi connectivity index (χ0n) is 18.4. The number of amides is 1. The number of carbonyl (C=O) groups is 2. The molecule has 3 rings (SSSR count). The van der Waals surface area contributed by atoms with Crippen LogP contribution in [0.3, 0.4) is 0 Å². The third-order valence-electron chi connectivity index (χ3n) is 5.46. The number of nitrogens with zero attached hydrogens (tertiary/aromatic N) is 2. The highest BCUT2D eigenvalue weighted by atomic mass is 16.6. The molecule has 0 saturated carbocycles. The predicted molar refractivity (Wildman–Crippen MR) is 119 cm³/mol. The number of carboxylic acid groups (broad SMARTS) is 1. The standard InChI is InChI=1S/C23H24N2O8/c1-31-16-8-6-14(7-9-16)17(22(26)24-10-4-5-18(24)23(27)28)11-15-12-20(32-2)21(33-3)13-19(15)25(29)30/h6-9,11-13,18H,4-5,10H2,1-3H3,(H,27,28). The van der Waals surface area contributed by atoms with E-state index in [4.69, 9.17) is 14.2 Å². The van der Waals surface area contributed by atoms with Crippen LogP contribution in [0, 0.1) is 10.1 Å². The van der Waals surface area contributed by atoms with Gasteiger partial charge in [0.2, 0.25) is 0 Å². The number of hydrogen-bond donors (Lipinski definition) is 1. The molecule has 0 radical (unpaired) electrons. The van der Waals surface area contributed by atoms with Crippen molar-refractivity contribution < 1.29 is 33.8 Å². The summed E-state index contributed by atoms with van der Waals surface area (Å²) in [4.78, 5) is 37.6. The largest absolute Gasteiger partial charge is 0.497 e. The summed E-state index contributed by atoms with van der Waals surface area (Å²) in [5.41, 5.74) is 0.396. The lowest BCUT2D eigenvalue weighted by atomic mass is 9.99. The summed E-state index contributed by atoms with van der Waals surface area (Å²) in [7, 11) is 4.27. The van der Waals surface area contributed by atoms with Crippen molar-refractivity contribution in [3.63, 3.8) is 0 Å². The first-order valence-electron chi connectivity index (χ1n) is 10.1. The Morgan fingerprint density at radius 2 is 1.73 bits per heavy atom. The third-order valence-corrected chi connectivity index (χ3v) is 5.46. The molecule has 2 aromatic rings. The van der Waals surface area contributed by atoms with Gasteiger partial charge in [0.05, 0.1) is 37.9 Å². The van der Waals surface area contributed by atoms with Crippen LogP contribution in [0.15, 0.2) is 36.4 Å². The molecule has 0 spiro atoms. The Morgan fingerprint density at radius 1 is 1.09 bits per heavy atom. The molecular formula is C23H24N2O8. The Balaban J connectivity index is 2.20. The maximum absolute atomic E-state index is 13.5. The van der Waals surface area contributed by atoms with Crippen LogP contribution in [-0.2, 0) is 9.59 Å². The lowest BCUT2D eigenvalue weighted by molar-refractivity contribution is -0.385. The van der Waals surface area contributed by atoms with Gasteiger partial charge in [-0.15, -0.1) is 0 Å². The maximum atomic E-state index is 13.5. The van der Waals surface area contributed by atoms with Crippen LogP contribution >= 0.6 is 0 Å². The highest BCUT2D eigenvalue weighted by Crippen LogP contribution is 2.37. The second-order valence-corrected chi connectivity index (χ2v) is 7.30. The molecule has 1 atom stereocenters. The van der Waals surface area contributed by atoms with Crippen molar-refractivity contribution >= 4 is 29.2 Å². The lowest BCUT2D eigenvalue weighted by Gasteiger charge is -2.23. The van der Waals surface area contributed by atoms with Crippen LogP contribution in [0.5, 0.6) is 17.2 Å². The van der Waals surface area contributed by atoms with Gasteiger partial charge in [-0.05, 0) is 42.7 Å². The first kappa shape index (κ1) is 23.6. The normalized spacial score (nSPS) is 15.8. The predicted octanol–water partition coefficient (Wildman–Crippen LogP) is 3.24.